The van der Waals surface area contributed by atoms with Gasteiger partial charge in [-0.2, -0.15) is 5.10 Å². The van der Waals surface area contributed by atoms with Crippen molar-refractivity contribution in [3.63, 3.8) is 0 Å². The van der Waals surface area contributed by atoms with Gasteiger partial charge in [0, 0.05) is 6.20 Å². The molecule has 2 aromatic rings. The number of aromatic hydroxyl groups is 1. The van der Waals surface area contributed by atoms with Crippen LogP contribution >= 0.6 is 0 Å². The van der Waals surface area contributed by atoms with E-state index in [0.29, 0.717) is 0 Å². The van der Waals surface area contributed by atoms with E-state index in [1.54, 1.807) is 18.3 Å². The van der Waals surface area contributed by atoms with Gasteiger partial charge in [0.05, 0.1) is 5.69 Å². The zero-order valence-corrected chi connectivity index (χ0v) is 7.57. The van der Waals surface area contributed by atoms with Crippen molar-refractivity contribution in [2.75, 3.05) is 0 Å². The normalized spacial score (nSPS) is 10.0. The number of hydrogen-bond donors (Lipinski definition) is 2. The third-order valence-corrected chi connectivity index (χ3v) is 2.04. The van der Waals surface area contributed by atoms with Gasteiger partial charge in [-0.15, -0.1) is 0 Å². The first-order valence-corrected chi connectivity index (χ1v) is 4.25. The Hall–Kier alpha value is -2.03. The average molecular weight is 186 g/mol. The fraction of sp³-hybridized carbons (Fsp3) is 0. The average Bonchev–Trinajstić information content (AvgIpc) is 2.71. The van der Waals surface area contributed by atoms with Gasteiger partial charge in [-0.05, 0) is 29.3 Å². The molecule has 0 aliphatic rings. The Bertz CT molecular complexity index is 429. The van der Waals surface area contributed by atoms with Crippen LogP contribution in [0, 0.1) is 0 Å². The lowest BCUT2D eigenvalue weighted by atomic mass is 10.1. The number of aromatic nitrogens is 2. The zero-order valence-electron chi connectivity index (χ0n) is 7.57. The van der Waals surface area contributed by atoms with E-state index >= 15 is 0 Å². The smallest absolute Gasteiger partial charge is 0.115 e. The molecule has 0 saturated heterocycles. The second-order valence-electron chi connectivity index (χ2n) is 3.00. The van der Waals surface area contributed by atoms with Gasteiger partial charge in [0.25, 0.3) is 0 Å². The molecule has 0 radical (unpaired) electrons. The first-order valence-electron chi connectivity index (χ1n) is 4.25. The van der Waals surface area contributed by atoms with Crippen molar-refractivity contribution < 1.29 is 5.11 Å². The highest BCUT2D eigenvalue weighted by Crippen LogP contribution is 2.21. The molecule has 3 heteroatoms. The summed E-state index contributed by atoms with van der Waals surface area (Å²) in [6.07, 6.45) is 1.68. The van der Waals surface area contributed by atoms with Crippen molar-refractivity contribution >= 4 is 5.57 Å². The van der Waals surface area contributed by atoms with E-state index in [9.17, 15) is 0 Å². The minimum Gasteiger partial charge on any atom is -0.508 e. The van der Waals surface area contributed by atoms with Gasteiger partial charge in [0.1, 0.15) is 5.75 Å². The lowest BCUT2D eigenvalue weighted by Crippen LogP contribution is -1.85. The number of H-pyrrole nitrogens is 1. The number of rotatable bonds is 2. The summed E-state index contributed by atoms with van der Waals surface area (Å²) in [5.41, 5.74) is 2.71. The highest BCUT2D eigenvalue weighted by molar-refractivity contribution is 5.75. The molecule has 0 bridgehead atoms. The lowest BCUT2D eigenvalue weighted by Gasteiger charge is -2.02. The van der Waals surface area contributed by atoms with Crippen LogP contribution in [0.1, 0.15) is 11.3 Å². The molecule has 14 heavy (non-hydrogen) atoms. The maximum Gasteiger partial charge on any atom is 0.115 e. The molecule has 0 amide bonds. The Kier molecular flexibility index (Phi) is 2.07. The Morgan fingerprint density at radius 1 is 1.21 bits per heavy atom. The van der Waals surface area contributed by atoms with Crippen LogP contribution in [0.15, 0.2) is 43.1 Å². The largest absolute Gasteiger partial charge is 0.508 e. The summed E-state index contributed by atoms with van der Waals surface area (Å²) < 4.78 is 0. The highest BCUT2D eigenvalue weighted by Gasteiger charge is 2.02. The summed E-state index contributed by atoms with van der Waals surface area (Å²) in [6.45, 7) is 3.94. The lowest BCUT2D eigenvalue weighted by molar-refractivity contribution is 0.475. The second-order valence-corrected chi connectivity index (χ2v) is 3.00. The molecule has 2 N–H and O–H groups in total. The van der Waals surface area contributed by atoms with E-state index in [1.165, 1.54) is 0 Å². The number of aromatic amines is 1. The molecule has 0 unspecified atom stereocenters. The SMILES string of the molecule is C=C(c1ccc(O)cc1)c1ccn[nH]1. The van der Waals surface area contributed by atoms with E-state index in [1.807, 2.05) is 18.2 Å². The number of nitrogens with zero attached hydrogens (tertiary/aromatic N) is 1. The van der Waals surface area contributed by atoms with E-state index in [4.69, 9.17) is 5.11 Å². The third-order valence-electron chi connectivity index (χ3n) is 2.04. The van der Waals surface area contributed by atoms with Gasteiger partial charge in [-0.25, -0.2) is 0 Å². The van der Waals surface area contributed by atoms with Crippen LogP contribution in [-0.2, 0) is 0 Å². The molecular formula is C11H10N2O. The Balaban J connectivity index is 2.33. The Labute approximate surface area is 81.7 Å². The molecule has 0 saturated carbocycles. The fourth-order valence-electron chi connectivity index (χ4n) is 1.24. The van der Waals surface area contributed by atoms with Crippen molar-refractivity contribution in [3.8, 4) is 5.75 Å². The summed E-state index contributed by atoms with van der Waals surface area (Å²) in [4.78, 5) is 0. The quantitative estimate of drug-likeness (QED) is 0.755. The minimum absolute atomic E-state index is 0.256. The predicted molar refractivity (Wildman–Crippen MR) is 54.8 cm³/mol. The number of phenolic OH excluding ortho intramolecular Hbond substituents is 1. The summed E-state index contributed by atoms with van der Waals surface area (Å²) in [7, 11) is 0. The first kappa shape index (κ1) is 8.56. The summed E-state index contributed by atoms with van der Waals surface area (Å²) >= 11 is 0. The molecular weight excluding hydrogens is 176 g/mol. The van der Waals surface area contributed by atoms with Gasteiger partial charge >= 0.3 is 0 Å². The van der Waals surface area contributed by atoms with E-state index in [2.05, 4.69) is 16.8 Å². The highest BCUT2D eigenvalue weighted by atomic mass is 16.3. The van der Waals surface area contributed by atoms with Crippen LogP contribution in [-0.4, -0.2) is 15.3 Å². The number of benzene rings is 1. The van der Waals surface area contributed by atoms with Crippen LogP contribution in [0.5, 0.6) is 5.75 Å². The minimum atomic E-state index is 0.256. The molecule has 1 heterocycles. The number of hydrogen-bond acceptors (Lipinski definition) is 2. The molecule has 0 atom stereocenters. The number of phenols is 1. The Morgan fingerprint density at radius 3 is 2.50 bits per heavy atom. The van der Waals surface area contributed by atoms with Crippen molar-refractivity contribution in [1.82, 2.24) is 10.2 Å². The maximum absolute atomic E-state index is 9.12. The first-order chi connectivity index (χ1) is 6.77. The van der Waals surface area contributed by atoms with E-state index in [-0.39, 0.29) is 5.75 Å². The van der Waals surface area contributed by atoms with Crippen LogP contribution in [0.3, 0.4) is 0 Å². The molecule has 1 aromatic carbocycles. The summed E-state index contributed by atoms with van der Waals surface area (Å²) in [5.74, 6) is 0.256. The molecule has 0 spiro atoms. The van der Waals surface area contributed by atoms with Gasteiger partial charge in [-0.3, -0.25) is 5.10 Å². The molecule has 70 valence electrons. The topological polar surface area (TPSA) is 48.9 Å². The van der Waals surface area contributed by atoms with Crippen LogP contribution in [0.4, 0.5) is 0 Å². The fourth-order valence-corrected chi connectivity index (χ4v) is 1.24. The van der Waals surface area contributed by atoms with Crippen LogP contribution in [0.25, 0.3) is 5.57 Å². The van der Waals surface area contributed by atoms with Crippen LogP contribution < -0.4 is 0 Å². The van der Waals surface area contributed by atoms with Crippen LogP contribution in [0.2, 0.25) is 0 Å². The van der Waals surface area contributed by atoms with E-state index < -0.39 is 0 Å². The van der Waals surface area contributed by atoms with Gasteiger partial charge in [0.2, 0.25) is 0 Å². The Morgan fingerprint density at radius 2 is 1.93 bits per heavy atom. The van der Waals surface area contributed by atoms with Gasteiger partial charge in [-0.1, -0.05) is 18.7 Å². The molecule has 0 fully saturated rings. The molecule has 1 aromatic heterocycles. The zero-order chi connectivity index (χ0) is 9.97. The molecule has 2 rings (SSSR count). The number of nitrogens with one attached hydrogen (secondary N) is 1. The molecule has 0 aliphatic carbocycles. The van der Waals surface area contributed by atoms with Gasteiger partial charge < -0.3 is 5.11 Å². The predicted octanol–water partition coefficient (Wildman–Crippen LogP) is 2.18. The van der Waals surface area contributed by atoms with Crippen molar-refractivity contribution in [1.29, 1.82) is 0 Å². The van der Waals surface area contributed by atoms with Crippen molar-refractivity contribution in [2.45, 2.75) is 0 Å². The van der Waals surface area contributed by atoms with Crippen molar-refractivity contribution in [2.24, 2.45) is 0 Å². The standard InChI is InChI=1S/C11H10N2O/c1-8(11-6-7-12-13-11)9-2-4-10(14)5-3-9/h2-7,14H,1H2,(H,12,13). The maximum atomic E-state index is 9.12. The van der Waals surface area contributed by atoms with Crippen molar-refractivity contribution in [3.05, 3.63) is 54.4 Å². The van der Waals surface area contributed by atoms with E-state index in [0.717, 1.165) is 16.8 Å². The summed E-state index contributed by atoms with van der Waals surface area (Å²) in [6, 6.07) is 8.76. The summed E-state index contributed by atoms with van der Waals surface area (Å²) in [5, 5.41) is 15.8. The monoisotopic (exact) mass is 186 g/mol. The van der Waals surface area contributed by atoms with Gasteiger partial charge in [0.15, 0.2) is 0 Å². The molecule has 3 nitrogen and oxygen atoms in total. The molecule has 0 aliphatic heterocycles. The third kappa shape index (κ3) is 1.52. The second kappa shape index (κ2) is 3.38.